The first-order valence-corrected chi connectivity index (χ1v) is 6.51. The first-order chi connectivity index (χ1) is 7.84. The Labute approximate surface area is 110 Å². The highest BCUT2D eigenvalue weighted by atomic mass is 79.9. The molecule has 2 rings (SSSR count). The zero-order valence-electron chi connectivity index (χ0n) is 10.7. The normalized spacial score (nSPS) is 12.4. The number of hydrogen-bond donors (Lipinski definition) is 1. The Morgan fingerprint density at radius 1 is 1.41 bits per heavy atom. The van der Waals surface area contributed by atoms with Crippen LogP contribution in [-0.4, -0.2) is 9.38 Å². The van der Waals surface area contributed by atoms with Gasteiger partial charge in [0, 0.05) is 22.6 Å². The van der Waals surface area contributed by atoms with Crippen molar-refractivity contribution in [1.29, 1.82) is 0 Å². The van der Waals surface area contributed by atoms with Gasteiger partial charge >= 0.3 is 0 Å². The van der Waals surface area contributed by atoms with Crippen molar-refractivity contribution in [2.75, 3.05) is 0 Å². The number of hydrogen-bond acceptors (Lipinski definition) is 2. The molecule has 0 aromatic carbocycles. The van der Waals surface area contributed by atoms with E-state index in [0.29, 0.717) is 6.54 Å². The minimum atomic E-state index is 0.0135. The van der Waals surface area contributed by atoms with Crippen LogP contribution in [-0.2, 0) is 12.0 Å². The summed E-state index contributed by atoms with van der Waals surface area (Å²) in [6.45, 7) is 9.07. The second-order valence-electron chi connectivity index (χ2n) is 5.40. The standard InChI is InChI=1S/C13H18BrN3/c1-8-5-9(14)7-17-10(6-15)11(13(2,3)4)16-12(8)17/h5,7H,6,15H2,1-4H3. The summed E-state index contributed by atoms with van der Waals surface area (Å²) in [4.78, 5) is 4.76. The van der Waals surface area contributed by atoms with E-state index in [1.807, 2.05) is 6.20 Å². The molecule has 0 fully saturated rings. The van der Waals surface area contributed by atoms with Crippen molar-refractivity contribution in [3.05, 3.63) is 33.7 Å². The van der Waals surface area contributed by atoms with E-state index in [1.165, 1.54) is 0 Å². The second-order valence-corrected chi connectivity index (χ2v) is 6.31. The average molecular weight is 296 g/mol. The van der Waals surface area contributed by atoms with E-state index in [1.54, 1.807) is 0 Å². The lowest BCUT2D eigenvalue weighted by molar-refractivity contribution is 0.564. The van der Waals surface area contributed by atoms with Gasteiger partial charge in [-0.3, -0.25) is 0 Å². The Balaban J connectivity index is 2.85. The Kier molecular flexibility index (Phi) is 3.04. The summed E-state index contributed by atoms with van der Waals surface area (Å²) in [5.74, 6) is 0. The van der Waals surface area contributed by atoms with Gasteiger partial charge in [-0.05, 0) is 34.5 Å². The quantitative estimate of drug-likeness (QED) is 0.878. The van der Waals surface area contributed by atoms with Crippen LogP contribution in [0, 0.1) is 6.92 Å². The van der Waals surface area contributed by atoms with Crippen molar-refractivity contribution in [1.82, 2.24) is 9.38 Å². The number of aromatic nitrogens is 2. The summed E-state index contributed by atoms with van der Waals surface area (Å²) >= 11 is 3.52. The fraction of sp³-hybridized carbons (Fsp3) is 0.462. The highest BCUT2D eigenvalue weighted by Crippen LogP contribution is 2.28. The number of nitrogens with two attached hydrogens (primary N) is 1. The highest BCUT2D eigenvalue weighted by Gasteiger charge is 2.23. The van der Waals surface area contributed by atoms with Crippen molar-refractivity contribution < 1.29 is 0 Å². The van der Waals surface area contributed by atoms with Crippen LogP contribution in [0.4, 0.5) is 0 Å². The molecule has 92 valence electrons. The Morgan fingerprint density at radius 2 is 2.06 bits per heavy atom. The monoisotopic (exact) mass is 295 g/mol. The molecule has 2 N–H and O–H groups in total. The molecule has 0 saturated carbocycles. The van der Waals surface area contributed by atoms with Gasteiger partial charge in [-0.1, -0.05) is 20.8 Å². The number of rotatable bonds is 1. The van der Waals surface area contributed by atoms with E-state index in [2.05, 4.69) is 54.1 Å². The molecule has 0 aliphatic carbocycles. The van der Waals surface area contributed by atoms with E-state index in [0.717, 1.165) is 27.1 Å². The van der Waals surface area contributed by atoms with Crippen molar-refractivity contribution in [2.24, 2.45) is 5.73 Å². The lowest BCUT2D eigenvalue weighted by Crippen LogP contribution is -2.16. The van der Waals surface area contributed by atoms with Crippen LogP contribution in [0.1, 0.15) is 37.7 Å². The van der Waals surface area contributed by atoms with Crippen LogP contribution in [0.3, 0.4) is 0 Å². The minimum absolute atomic E-state index is 0.0135. The van der Waals surface area contributed by atoms with Crippen LogP contribution in [0.15, 0.2) is 16.7 Å². The lowest BCUT2D eigenvalue weighted by atomic mass is 9.91. The number of aryl methyl sites for hydroxylation is 1. The molecule has 0 bridgehead atoms. The summed E-state index contributed by atoms with van der Waals surface area (Å²) in [7, 11) is 0. The summed E-state index contributed by atoms with van der Waals surface area (Å²) in [6.07, 6.45) is 2.03. The van der Waals surface area contributed by atoms with E-state index in [4.69, 9.17) is 10.7 Å². The molecule has 3 nitrogen and oxygen atoms in total. The third kappa shape index (κ3) is 2.11. The topological polar surface area (TPSA) is 43.3 Å². The first-order valence-electron chi connectivity index (χ1n) is 5.72. The van der Waals surface area contributed by atoms with Crippen molar-refractivity contribution in [3.8, 4) is 0 Å². The third-order valence-electron chi connectivity index (χ3n) is 2.87. The van der Waals surface area contributed by atoms with Crippen molar-refractivity contribution >= 4 is 21.6 Å². The molecule has 0 atom stereocenters. The van der Waals surface area contributed by atoms with Gasteiger partial charge < -0.3 is 10.1 Å². The number of imidazole rings is 1. The largest absolute Gasteiger partial charge is 0.325 e. The van der Waals surface area contributed by atoms with Gasteiger partial charge in [-0.2, -0.15) is 0 Å². The van der Waals surface area contributed by atoms with E-state index in [9.17, 15) is 0 Å². The van der Waals surface area contributed by atoms with Crippen LogP contribution in [0.2, 0.25) is 0 Å². The molecule has 0 saturated heterocycles. The molecular formula is C13H18BrN3. The number of fused-ring (bicyclic) bond motifs is 1. The molecule has 0 aliphatic heterocycles. The summed E-state index contributed by atoms with van der Waals surface area (Å²) in [5, 5.41) is 0. The van der Waals surface area contributed by atoms with Gasteiger partial charge in [0.15, 0.2) is 0 Å². The molecule has 17 heavy (non-hydrogen) atoms. The highest BCUT2D eigenvalue weighted by molar-refractivity contribution is 9.10. The van der Waals surface area contributed by atoms with Gasteiger partial charge in [-0.25, -0.2) is 4.98 Å². The van der Waals surface area contributed by atoms with E-state index >= 15 is 0 Å². The van der Waals surface area contributed by atoms with Gasteiger partial charge in [-0.15, -0.1) is 0 Å². The molecule has 0 amide bonds. The summed E-state index contributed by atoms with van der Waals surface area (Å²) in [5.41, 5.74) is 10.2. The molecule has 4 heteroatoms. The first kappa shape index (κ1) is 12.6. The molecule has 0 spiro atoms. The van der Waals surface area contributed by atoms with E-state index in [-0.39, 0.29) is 5.41 Å². The number of nitrogens with zero attached hydrogens (tertiary/aromatic N) is 2. The minimum Gasteiger partial charge on any atom is -0.325 e. The third-order valence-corrected chi connectivity index (χ3v) is 3.31. The zero-order valence-corrected chi connectivity index (χ0v) is 12.3. The SMILES string of the molecule is Cc1cc(Br)cn2c(CN)c(C(C)(C)C)nc12. The smallest absolute Gasteiger partial charge is 0.140 e. The zero-order chi connectivity index (χ0) is 12.8. The maximum Gasteiger partial charge on any atom is 0.140 e. The maximum absolute atomic E-state index is 5.88. The Morgan fingerprint density at radius 3 is 2.59 bits per heavy atom. The fourth-order valence-electron chi connectivity index (χ4n) is 2.11. The lowest BCUT2D eigenvalue weighted by Gasteiger charge is -2.17. The van der Waals surface area contributed by atoms with Crippen LogP contribution < -0.4 is 5.73 Å². The molecule has 0 aliphatic rings. The van der Waals surface area contributed by atoms with Gasteiger partial charge in [0.25, 0.3) is 0 Å². The number of halogens is 1. The second kappa shape index (κ2) is 4.10. The van der Waals surface area contributed by atoms with Gasteiger partial charge in [0.05, 0.1) is 11.4 Å². The maximum atomic E-state index is 5.88. The average Bonchev–Trinajstić information content (AvgIpc) is 2.55. The van der Waals surface area contributed by atoms with Crippen molar-refractivity contribution in [3.63, 3.8) is 0 Å². The summed E-state index contributed by atoms with van der Waals surface area (Å²) in [6, 6.07) is 2.08. The van der Waals surface area contributed by atoms with Crippen LogP contribution >= 0.6 is 15.9 Å². The molecule has 2 heterocycles. The molecule has 0 radical (unpaired) electrons. The molecular weight excluding hydrogens is 278 g/mol. The van der Waals surface area contributed by atoms with E-state index < -0.39 is 0 Å². The molecule has 2 aromatic heterocycles. The van der Waals surface area contributed by atoms with Crippen LogP contribution in [0.5, 0.6) is 0 Å². The van der Waals surface area contributed by atoms with Gasteiger partial charge in [0.1, 0.15) is 5.65 Å². The molecule has 0 unspecified atom stereocenters. The van der Waals surface area contributed by atoms with Gasteiger partial charge in [0.2, 0.25) is 0 Å². The predicted molar refractivity (Wildman–Crippen MR) is 74.2 cm³/mol. The summed E-state index contributed by atoms with van der Waals surface area (Å²) < 4.78 is 3.15. The fourth-order valence-corrected chi connectivity index (χ4v) is 2.66. The Bertz CT molecular complexity index is 564. The molecule has 2 aromatic rings. The van der Waals surface area contributed by atoms with Crippen LogP contribution in [0.25, 0.3) is 5.65 Å². The predicted octanol–water partition coefficient (Wildman–Crippen LogP) is 3.16. The Hall–Kier alpha value is -0.870. The number of pyridine rings is 1. The van der Waals surface area contributed by atoms with Crippen molar-refractivity contribution in [2.45, 2.75) is 39.7 Å².